The third-order valence-corrected chi connectivity index (χ3v) is 6.27. The predicted octanol–water partition coefficient (Wildman–Crippen LogP) is 2.73. The molecule has 1 atom stereocenters. The first-order valence-corrected chi connectivity index (χ1v) is 12.9. The van der Waals surface area contributed by atoms with Gasteiger partial charge in [0.25, 0.3) is 11.5 Å². The minimum absolute atomic E-state index is 0.0156. The van der Waals surface area contributed by atoms with Gasteiger partial charge in [-0.2, -0.15) is 0 Å². The lowest BCUT2D eigenvalue weighted by atomic mass is 10.2. The number of carbonyl (C=O) groups excluding carboxylic acids is 2. The highest BCUT2D eigenvalue weighted by Crippen LogP contribution is 2.23. The second-order valence-electron chi connectivity index (χ2n) is 9.57. The number of likely N-dealkylation sites (tertiary alicyclic amines) is 1. The van der Waals surface area contributed by atoms with Crippen molar-refractivity contribution >= 4 is 17.5 Å². The Kier molecular flexibility index (Phi) is 9.70. The standard InChI is InChI=1S/C26H29F4N7O4/c27-19(6-10-36-11-7-20(13-24(36)39)32-23(38)17-35-8-1-2-9-35)15-37-16-22(33-34-37)25(40)31-14-18-4-3-5-21(12-18)41-26(28,29)30/h3-5,7,11-13,16,19H,1-2,6,8-10,14-15,17H2,(H,31,40)(H,32,38). The molecule has 1 aliphatic heterocycles. The van der Waals surface area contributed by atoms with E-state index in [1.165, 1.54) is 35.2 Å². The van der Waals surface area contributed by atoms with Gasteiger partial charge in [-0.3, -0.25) is 19.3 Å². The molecular formula is C26H29F4N7O4. The van der Waals surface area contributed by atoms with Gasteiger partial charge < -0.3 is 19.9 Å². The van der Waals surface area contributed by atoms with Crippen LogP contribution in [0.3, 0.4) is 0 Å². The van der Waals surface area contributed by atoms with E-state index in [9.17, 15) is 31.9 Å². The maximum atomic E-state index is 14.6. The fraction of sp³-hybridized carbons (Fsp3) is 0.423. The Bertz CT molecular complexity index is 1400. The number of benzene rings is 1. The van der Waals surface area contributed by atoms with Crippen molar-refractivity contribution in [1.29, 1.82) is 0 Å². The minimum Gasteiger partial charge on any atom is -0.406 e. The Morgan fingerprint density at radius 2 is 1.90 bits per heavy atom. The number of rotatable bonds is 12. The van der Waals surface area contributed by atoms with Crippen LogP contribution in [-0.2, 0) is 24.4 Å². The number of halogens is 4. The van der Waals surface area contributed by atoms with Gasteiger partial charge in [0.05, 0.1) is 19.3 Å². The number of nitrogens with one attached hydrogen (secondary N) is 2. The number of alkyl halides is 4. The molecule has 220 valence electrons. The molecule has 1 fully saturated rings. The van der Waals surface area contributed by atoms with Crippen LogP contribution in [0.2, 0.25) is 0 Å². The smallest absolute Gasteiger partial charge is 0.406 e. The molecule has 3 aromatic rings. The van der Waals surface area contributed by atoms with Crippen molar-refractivity contribution in [2.45, 2.75) is 51.4 Å². The lowest BCUT2D eigenvalue weighted by Gasteiger charge is -2.14. The molecule has 0 saturated carbocycles. The Labute approximate surface area is 232 Å². The van der Waals surface area contributed by atoms with Crippen molar-refractivity contribution in [2.24, 2.45) is 0 Å². The molecule has 2 N–H and O–H groups in total. The first-order valence-electron chi connectivity index (χ1n) is 12.9. The van der Waals surface area contributed by atoms with Crippen LogP contribution in [0.5, 0.6) is 5.75 Å². The zero-order chi connectivity index (χ0) is 29.4. The van der Waals surface area contributed by atoms with E-state index >= 15 is 0 Å². The average molecular weight is 580 g/mol. The third-order valence-electron chi connectivity index (χ3n) is 6.27. The Balaban J connectivity index is 1.21. The number of anilines is 1. The van der Waals surface area contributed by atoms with E-state index in [0.717, 1.165) is 42.7 Å². The molecule has 2 amide bonds. The summed E-state index contributed by atoms with van der Waals surface area (Å²) in [5.41, 5.74) is 0.261. The number of hydrogen-bond donors (Lipinski definition) is 2. The highest BCUT2D eigenvalue weighted by molar-refractivity contribution is 5.92. The highest BCUT2D eigenvalue weighted by atomic mass is 19.4. The van der Waals surface area contributed by atoms with Crippen molar-refractivity contribution in [3.63, 3.8) is 0 Å². The van der Waals surface area contributed by atoms with Crippen LogP contribution in [0, 0.1) is 0 Å². The van der Waals surface area contributed by atoms with E-state index < -0.39 is 24.2 Å². The van der Waals surface area contributed by atoms with Gasteiger partial charge in [0, 0.05) is 31.0 Å². The highest BCUT2D eigenvalue weighted by Gasteiger charge is 2.31. The molecule has 3 heterocycles. The maximum Gasteiger partial charge on any atom is 0.573 e. The minimum atomic E-state index is -4.83. The van der Waals surface area contributed by atoms with Gasteiger partial charge in [-0.25, -0.2) is 9.07 Å². The number of amides is 2. The van der Waals surface area contributed by atoms with Gasteiger partial charge in [0.15, 0.2) is 5.69 Å². The summed E-state index contributed by atoms with van der Waals surface area (Å²) < 4.78 is 58.1. The summed E-state index contributed by atoms with van der Waals surface area (Å²) in [5, 5.41) is 12.7. The normalized spacial score (nSPS) is 14.5. The fourth-order valence-electron chi connectivity index (χ4n) is 4.31. The molecule has 4 rings (SSSR count). The van der Waals surface area contributed by atoms with E-state index in [0.29, 0.717) is 11.3 Å². The van der Waals surface area contributed by atoms with E-state index in [-0.39, 0.29) is 49.8 Å². The summed E-state index contributed by atoms with van der Waals surface area (Å²) in [4.78, 5) is 39.0. The van der Waals surface area contributed by atoms with Crippen LogP contribution in [0.25, 0.3) is 0 Å². The number of aromatic nitrogens is 4. The first kappa shape index (κ1) is 29.7. The molecule has 41 heavy (non-hydrogen) atoms. The summed E-state index contributed by atoms with van der Waals surface area (Å²) in [6, 6.07) is 8.02. The summed E-state index contributed by atoms with van der Waals surface area (Å²) in [6.07, 6.45) is -1.38. The van der Waals surface area contributed by atoms with Crippen molar-refractivity contribution < 1.29 is 31.9 Å². The summed E-state index contributed by atoms with van der Waals surface area (Å²) in [5.74, 6) is -1.26. The van der Waals surface area contributed by atoms with Gasteiger partial charge >= 0.3 is 6.36 Å². The van der Waals surface area contributed by atoms with Crippen molar-refractivity contribution in [3.05, 3.63) is 70.4 Å². The van der Waals surface area contributed by atoms with Crippen LogP contribution < -0.4 is 20.9 Å². The molecular weight excluding hydrogens is 550 g/mol. The monoisotopic (exact) mass is 579 g/mol. The van der Waals surface area contributed by atoms with Crippen LogP contribution in [0.4, 0.5) is 23.2 Å². The number of pyridine rings is 1. The van der Waals surface area contributed by atoms with Crippen molar-refractivity contribution in [1.82, 2.24) is 29.8 Å². The topological polar surface area (TPSA) is 123 Å². The molecule has 0 spiro atoms. The molecule has 2 aromatic heterocycles. The predicted molar refractivity (Wildman–Crippen MR) is 139 cm³/mol. The van der Waals surface area contributed by atoms with E-state index in [1.54, 1.807) is 6.07 Å². The Hall–Kier alpha value is -4.27. The van der Waals surface area contributed by atoms with Crippen molar-refractivity contribution in [3.8, 4) is 5.75 Å². The molecule has 1 aromatic carbocycles. The SMILES string of the molecule is O=C(CN1CCCC1)Nc1ccn(CCC(F)Cn2cc(C(=O)NCc3cccc(OC(F)(F)F)c3)nn2)c(=O)c1. The molecule has 1 saturated heterocycles. The van der Waals surface area contributed by atoms with Crippen LogP contribution >= 0.6 is 0 Å². The largest absolute Gasteiger partial charge is 0.573 e. The summed E-state index contributed by atoms with van der Waals surface area (Å²) in [7, 11) is 0. The van der Waals surface area contributed by atoms with Gasteiger partial charge in [0.1, 0.15) is 11.9 Å². The third kappa shape index (κ3) is 9.41. The number of nitrogens with zero attached hydrogens (tertiary/aromatic N) is 5. The maximum absolute atomic E-state index is 14.6. The van der Waals surface area contributed by atoms with Gasteiger partial charge in [-0.1, -0.05) is 17.3 Å². The average Bonchev–Trinajstić information content (AvgIpc) is 3.58. The van der Waals surface area contributed by atoms with Crippen LogP contribution in [0.15, 0.2) is 53.6 Å². The zero-order valence-corrected chi connectivity index (χ0v) is 21.9. The van der Waals surface area contributed by atoms with E-state index in [4.69, 9.17) is 0 Å². The zero-order valence-electron chi connectivity index (χ0n) is 21.9. The summed E-state index contributed by atoms with van der Waals surface area (Å²) >= 11 is 0. The fourth-order valence-corrected chi connectivity index (χ4v) is 4.31. The molecule has 11 nitrogen and oxygen atoms in total. The van der Waals surface area contributed by atoms with E-state index in [1.807, 2.05) is 4.90 Å². The van der Waals surface area contributed by atoms with Crippen LogP contribution in [0.1, 0.15) is 35.3 Å². The number of aryl methyl sites for hydroxylation is 1. The molecule has 1 unspecified atom stereocenters. The number of ether oxygens (including phenoxy) is 1. The second-order valence-corrected chi connectivity index (χ2v) is 9.57. The molecule has 0 radical (unpaired) electrons. The number of hydrogen-bond acceptors (Lipinski definition) is 7. The molecule has 0 bridgehead atoms. The lowest BCUT2D eigenvalue weighted by Crippen LogP contribution is -2.31. The second kappa shape index (κ2) is 13.4. The van der Waals surface area contributed by atoms with E-state index in [2.05, 4.69) is 25.7 Å². The lowest BCUT2D eigenvalue weighted by molar-refractivity contribution is -0.274. The first-order chi connectivity index (χ1) is 19.5. The van der Waals surface area contributed by atoms with Crippen molar-refractivity contribution in [2.75, 3.05) is 25.0 Å². The summed E-state index contributed by atoms with van der Waals surface area (Å²) in [6.45, 7) is 1.81. The van der Waals surface area contributed by atoms with Gasteiger partial charge in [-0.15, -0.1) is 18.3 Å². The quantitative estimate of drug-likeness (QED) is 0.317. The van der Waals surface area contributed by atoms with Gasteiger partial charge in [-0.05, 0) is 56.1 Å². The molecule has 1 aliphatic rings. The molecule has 0 aliphatic carbocycles. The van der Waals surface area contributed by atoms with Gasteiger partial charge in [0.2, 0.25) is 5.91 Å². The Morgan fingerprint density at radius 1 is 1.12 bits per heavy atom. The molecule has 15 heteroatoms. The van der Waals surface area contributed by atoms with Crippen LogP contribution in [-0.4, -0.2) is 68.4 Å². The Morgan fingerprint density at radius 3 is 2.63 bits per heavy atom. The number of carbonyl (C=O) groups is 2.